The number of aryl methyl sites for hydroxylation is 2. The third-order valence-electron chi connectivity index (χ3n) is 3.23. The standard InChI is InChI=1S/C17H22N2/c1-4-17(18-15-8-6-5-7-9-15)19-16-11-10-13(2)12-14(16)3/h5-12,17-19H,4H2,1-3H3. The molecule has 0 saturated heterocycles. The van der Waals surface area contributed by atoms with Crippen LogP contribution in [0.15, 0.2) is 48.5 Å². The van der Waals surface area contributed by atoms with Crippen molar-refractivity contribution in [2.45, 2.75) is 33.4 Å². The summed E-state index contributed by atoms with van der Waals surface area (Å²) in [7, 11) is 0. The molecular weight excluding hydrogens is 232 g/mol. The van der Waals surface area contributed by atoms with Gasteiger partial charge in [0.05, 0.1) is 6.17 Å². The Hall–Kier alpha value is -1.96. The van der Waals surface area contributed by atoms with Crippen LogP contribution in [0.5, 0.6) is 0 Å². The molecule has 2 aromatic rings. The lowest BCUT2D eigenvalue weighted by Gasteiger charge is -2.22. The third kappa shape index (κ3) is 3.75. The highest BCUT2D eigenvalue weighted by atomic mass is 15.1. The number of rotatable bonds is 5. The van der Waals surface area contributed by atoms with Crippen LogP contribution in [0, 0.1) is 13.8 Å². The lowest BCUT2D eigenvalue weighted by Crippen LogP contribution is -2.28. The van der Waals surface area contributed by atoms with Crippen LogP contribution in [0.4, 0.5) is 11.4 Å². The topological polar surface area (TPSA) is 24.1 Å². The van der Waals surface area contributed by atoms with Gasteiger partial charge in [0, 0.05) is 11.4 Å². The first-order valence-electron chi connectivity index (χ1n) is 6.84. The highest BCUT2D eigenvalue weighted by Gasteiger charge is 2.07. The molecule has 2 nitrogen and oxygen atoms in total. The number of benzene rings is 2. The second kappa shape index (κ2) is 6.28. The van der Waals surface area contributed by atoms with Crippen molar-refractivity contribution in [2.24, 2.45) is 0 Å². The van der Waals surface area contributed by atoms with Gasteiger partial charge >= 0.3 is 0 Å². The lowest BCUT2D eigenvalue weighted by molar-refractivity contribution is 0.778. The van der Waals surface area contributed by atoms with E-state index in [1.165, 1.54) is 16.8 Å². The molecule has 2 heteroatoms. The van der Waals surface area contributed by atoms with Crippen LogP contribution in [0.1, 0.15) is 24.5 Å². The van der Waals surface area contributed by atoms with E-state index in [9.17, 15) is 0 Å². The Bertz CT molecular complexity index is 520. The first-order chi connectivity index (χ1) is 9.19. The van der Waals surface area contributed by atoms with E-state index in [0.717, 1.165) is 12.1 Å². The van der Waals surface area contributed by atoms with Crippen molar-refractivity contribution in [1.82, 2.24) is 0 Å². The van der Waals surface area contributed by atoms with Crippen molar-refractivity contribution in [3.8, 4) is 0 Å². The summed E-state index contributed by atoms with van der Waals surface area (Å²) in [5, 5.41) is 7.07. The zero-order chi connectivity index (χ0) is 13.7. The number of hydrogen-bond acceptors (Lipinski definition) is 2. The Morgan fingerprint density at radius 3 is 2.32 bits per heavy atom. The molecule has 0 radical (unpaired) electrons. The first-order valence-corrected chi connectivity index (χ1v) is 6.84. The molecule has 0 aliphatic heterocycles. The fourth-order valence-corrected chi connectivity index (χ4v) is 2.14. The fourth-order valence-electron chi connectivity index (χ4n) is 2.14. The molecule has 2 aromatic carbocycles. The Morgan fingerprint density at radius 2 is 1.68 bits per heavy atom. The van der Waals surface area contributed by atoms with Crippen LogP contribution in [-0.2, 0) is 0 Å². The van der Waals surface area contributed by atoms with Gasteiger partial charge < -0.3 is 10.6 Å². The van der Waals surface area contributed by atoms with Crippen molar-refractivity contribution >= 4 is 11.4 Å². The van der Waals surface area contributed by atoms with Gasteiger partial charge in [-0.2, -0.15) is 0 Å². The van der Waals surface area contributed by atoms with Crippen LogP contribution in [-0.4, -0.2) is 6.17 Å². The van der Waals surface area contributed by atoms with Crippen molar-refractivity contribution < 1.29 is 0 Å². The summed E-state index contributed by atoms with van der Waals surface area (Å²) in [6, 6.07) is 16.8. The van der Waals surface area contributed by atoms with Crippen molar-refractivity contribution in [3.05, 3.63) is 59.7 Å². The maximum absolute atomic E-state index is 3.56. The van der Waals surface area contributed by atoms with Crippen LogP contribution >= 0.6 is 0 Å². The van der Waals surface area contributed by atoms with E-state index in [0.29, 0.717) is 0 Å². The van der Waals surface area contributed by atoms with Gasteiger partial charge in [0.1, 0.15) is 0 Å². The first kappa shape index (κ1) is 13.5. The summed E-state index contributed by atoms with van der Waals surface area (Å²) in [5.41, 5.74) is 4.92. The average Bonchev–Trinajstić information content (AvgIpc) is 2.42. The van der Waals surface area contributed by atoms with Gasteiger partial charge in [-0.15, -0.1) is 0 Å². The normalized spacial score (nSPS) is 11.9. The van der Waals surface area contributed by atoms with Gasteiger partial charge in [-0.05, 0) is 44.0 Å². The molecule has 1 unspecified atom stereocenters. The minimum atomic E-state index is 0.240. The molecule has 0 saturated carbocycles. The third-order valence-corrected chi connectivity index (χ3v) is 3.23. The number of hydrogen-bond donors (Lipinski definition) is 2. The molecule has 1 atom stereocenters. The molecule has 19 heavy (non-hydrogen) atoms. The second-order valence-corrected chi connectivity index (χ2v) is 4.93. The maximum Gasteiger partial charge on any atom is 0.0961 e. The summed E-state index contributed by atoms with van der Waals surface area (Å²) in [4.78, 5) is 0. The van der Waals surface area contributed by atoms with E-state index < -0.39 is 0 Å². The van der Waals surface area contributed by atoms with Crippen LogP contribution < -0.4 is 10.6 Å². The maximum atomic E-state index is 3.56. The predicted molar refractivity (Wildman–Crippen MR) is 83.7 cm³/mol. The Morgan fingerprint density at radius 1 is 0.947 bits per heavy atom. The smallest absolute Gasteiger partial charge is 0.0961 e. The lowest BCUT2D eigenvalue weighted by atomic mass is 10.1. The van der Waals surface area contributed by atoms with E-state index in [4.69, 9.17) is 0 Å². The second-order valence-electron chi connectivity index (χ2n) is 4.93. The van der Waals surface area contributed by atoms with Crippen molar-refractivity contribution in [2.75, 3.05) is 10.6 Å². The monoisotopic (exact) mass is 254 g/mol. The molecule has 0 fully saturated rings. The summed E-state index contributed by atoms with van der Waals surface area (Å²) in [6.07, 6.45) is 1.26. The number of nitrogens with one attached hydrogen (secondary N) is 2. The van der Waals surface area contributed by atoms with Crippen molar-refractivity contribution in [1.29, 1.82) is 0 Å². The molecule has 0 spiro atoms. The van der Waals surface area contributed by atoms with Gasteiger partial charge in [0.25, 0.3) is 0 Å². The molecule has 100 valence electrons. The largest absolute Gasteiger partial charge is 0.365 e. The Labute approximate surface area is 115 Å². The van der Waals surface area contributed by atoms with E-state index in [1.54, 1.807) is 0 Å². The molecule has 2 N–H and O–H groups in total. The molecule has 2 rings (SSSR count). The zero-order valence-electron chi connectivity index (χ0n) is 11.9. The quantitative estimate of drug-likeness (QED) is 0.764. The van der Waals surface area contributed by atoms with E-state index in [2.05, 4.69) is 61.7 Å². The Kier molecular flexibility index (Phi) is 4.45. The van der Waals surface area contributed by atoms with Gasteiger partial charge in [-0.25, -0.2) is 0 Å². The minimum Gasteiger partial charge on any atom is -0.365 e. The Balaban J connectivity index is 2.06. The van der Waals surface area contributed by atoms with Gasteiger partial charge in [0.2, 0.25) is 0 Å². The van der Waals surface area contributed by atoms with E-state index in [-0.39, 0.29) is 6.17 Å². The van der Waals surface area contributed by atoms with Crippen LogP contribution in [0.25, 0.3) is 0 Å². The molecule has 0 aliphatic rings. The fraction of sp³-hybridized carbons (Fsp3) is 0.294. The van der Waals surface area contributed by atoms with Crippen LogP contribution in [0.3, 0.4) is 0 Å². The zero-order valence-corrected chi connectivity index (χ0v) is 11.9. The minimum absolute atomic E-state index is 0.240. The predicted octanol–water partition coefficient (Wildman–Crippen LogP) is 4.56. The molecule has 0 amide bonds. The summed E-state index contributed by atoms with van der Waals surface area (Å²) in [5.74, 6) is 0. The van der Waals surface area contributed by atoms with Crippen LogP contribution in [0.2, 0.25) is 0 Å². The molecule has 0 bridgehead atoms. The molecule has 0 aromatic heterocycles. The highest BCUT2D eigenvalue weighted by Crippen LogP contribution is 2.18. The van der Waals surface area contributed by atoms with E-state index >= 15 is 0 Å². The molecular formula is C17H22N2. The number of para-hydroxylation sites is 1. The average molecular weight is 254 g/mol. The van der Waals surface area contributed by atoms with Gasteiger partial charge in [-0.1, -0.05) is 42.8 Å². The van der Waals surface area contributed by atoms with Gasteiger partial charge in [0.15, 0.2) is 0 Å². The summed E-state index contributed by atoms with van der Waals surface area (Å²) >= 11 is 0. The van der Waals surface area contributed by atoms with E-state index in [1.807, 2.05) is 18.2 Å². The highest BCUT2D eigenvalue weighted by molar-refractivity contribution is 5.54. The SMILES string of the molecule is CCC(Nc1ccccc1)Nc1ccc(C)cc1C. The summed E-state index contributed by atoms with van der Waals surface area (Å²) < 4.78 is 0. The van der Waals surface area contributed by atoms with Gasteiger partial charge in [-0.3, -0.25) is 0 Å². The number of anilines is 2. The van der Waals surface area contributed by atoms with Crippen molar-refractivity contribution in [3.63, 3.8) is 0 Å². The molecule has 0 aliphatic carbocycles. The molecule has 0 heterocycles. The summed E-state index contributed by atoms with van der Waals surface area (Å²) in [6.45, 7) is 6.44.